The number of likely N-dealkylation sites (tertiary alicyclic amines) is 1. The first-order valence-corrected chi connectivity index (χ1v) is 16.1. The van der Waals surface area contributed by atoms with E-state index < -0.39 is 35.4 Å². The quantitative estimate of drug-likeness (QED) is 0.342. The summed E-state index contributed by atoms with van der Waals surface area (Å²) in [6.07, 6.45) is -3.69. The molecule has 6 rings (SSSR count). The van der Waals surface area contributed by atoms with Gasteiger partial charge < -0.3 is 29.9 Å². The Morgan fingerprint density at radius 2 is 1.71 bits per heavy atom. The fourth-order valence-electron chi connectivity index (χ4n) is 6.25. The van der Waals surface area contributed by atoms with Crippen molar-refractivity contribution in [1.29, 1.82) is 0 Å². The Morgan fingerprint density at radius 3 is 2.33 bits per heavy atom. The van der Waals surface area contributed by atoms with Crippen molar-refractivity contribution in [3.8, 4) is 11.1 Å². The molecular formula is C35H39F3N6O5. The topological polar surface area (TPSA) is 126 Å². The molecule has 2 aromatic carbocycles. The first kappa shape index (κ1) is 34.2. The molecule has 0 saturated carbocycles. The fourth-order valence-corrected chi connectivity index (χ4v) is 6.25. The molecule has 1 atom stereocenters. The summed E-state index contributed by atoms with van der Waals surface area (Å²) >= 11 is 0. The number of aromatic nitrogens is 2. The van der Waals surface area contributed by atoms with Crippen molar-refractivity contribution < 1.29 is 37.0 Å². The number of hydrogen-bond donors (Lipinski definition) is 2. The van der Waals surface area contributed by atoms with Crippen molar-refractivity contribution in [3.63, 3.8) is 0 Å². The number of carbonyl (C=O) groups excluding carboxylic acids is 3. The van der Waals surface area contributed by atoms with Crippen LogP contribution in [0.25, 0.3) is 11.1 Å². The molecule has 0 radical (unpaired) electrons. The Kier molecular flexibility index (Phi) is 9.03. The number of benzene rings is 2. The predicted octanol–water partition coefficient (Wildman–Crippen LogP) is 4.97. The molecule has 3 aliphatic rings. The summed E-state index contributed by atoms with van der Waals surface area (Å²) in [5.74, 6) is 0.190. The molecule has 3 amide bonds. The number of hydrogen-bond acceptors (Lipinski definition) is 8. The summed E-state index contributed by atoms with van der Waals surface area (Å²) in [7, 11) is 0. The largest absolute Gasteiger partial charge is 0.444 e. The van der Waals surface area contributed by atoms with E-state index in [1.165, 1.54) is 12.1 Å². The molecule has 11 nitrogen and oxygen atoms in total. The number of amides is 3. The summed E-state index contributed by atoms with van der Waals surface area (Å²) < 4.78 is 51.2. The number of alkyl halides is 3. The average Bonchev–Trinajstić information content (AvgIpc) is 2.96. The Hall–Kier alpha value is -4.72. The van der Waals surface area contributed by atoms with E-state index in [9.17, 15) is 27.6 Å². The highest BCUT2D eigenvalue weighted by molar-refractivity contribution is 5.92. The van der Waals surface area contributed by atoms with E-state index in [0.29, 0.717) is 62.0 Å². The first-order valence-electron chi connectivity index (χ1n) is 16.1. The summed E-state index contributed by atoms with van der Waals surface area (Å²) in [4.78, 5) is 50.5. The van der Waals surface area contributed by atoms with Gasteiger partial charge in [0.1, 0.15) is 11.3 Å². The summed E-state index contributed by atoms with van der Waals surface area (Å²) in [5, 5.41) is 5.54. The second-order valence-corrected chi connectivity index (χ2v) is 14.1. The Balaban J connectivity index is 1.08. The molecule has 1 aromatic heterocycles. The van der Waals surface area contributed by atoms with Gasteiger partial charge in [0.25, 0.3) is 5.91 Å². The zero-order chi connectivity index (χ0) is 35.1. The molecule has 1 spiro atoms. The molecule has 14 heteroatoms. The zero-order valence-electron chi connectivity index (χ0n) is 27.8. The van der Waals surface area contributed by atoms with Crippen LogP contribution >= 0.6 is 0 Å². The smallest absolute Gasteiger partial charge is 0.416 e. The second-order valence-electron chi connectivity index (χ2n) is 14.1. The number of halogens is 3. The lowest BCUT2D eigenvalue weighted by atomic mass is 9.72. The number of nitrogens with zero attached hydrogens (tertiary/aromatic N) is 4. The molecule has 3 aliphatic heterocycles. The van der Waals surface area contributed by atoms with E-state index in [1.54, 1.807) is 58.2 Å². The molecule has 3 fully saturated rings. The van der Waals surface area contributed by atoms with Crippen LogP contribution in [0.15, 0.2) is 54.7 Å². The van der Waals surface area contributed by atoms with Gasteiger partial charge in [0, 0.05) is 44.3 Å². The van der Waals surface area contributed by atoms with Gasteiger partial charge in [-0.25, -0.2) is 14.8 Å². The van der Waals surface area contributed by atoms with E-state index in [1.807, 2.05) is 9.80 Å². The van der Waals surface area contributed by atoms with Crippen molar-refractivity contribution in [3.05, 3.63) is 77.1 Å². The number of ether oxygens (including phenoxy) is 2. The van der Waals surface area contributed by atoms with Crippen LogP contribution in [0.3, 0.4) is 0 Å². The minimum Gasteiger partial charge on any atom is -0.444 e. The van der Waals surface area contributed by atoms with Crippen LogP contribution in [-0.4, -0.2) is 77.8 Å². The molecule has 2 N–H and O–H groups in total. The lowest BCUT2D eigenvalue weighted by molar-refractivity contribution is -0.163. The maximum Gasteiger partial charge on any atom is 0.416 e. The van der Waals surface area contributed by atoms with Crippen LogP contribution in [0.4, 0.5) is 23.9 Å². The highest BCUT2D eigenvalue weighted by Crippen LogP contribution is 2.42. The normalized spacial score (nSPS) is 17.8. The van der Waals surface area contributed by atoms with Gasteiger partial charge in [0.2, 0.25) is 11.9 Å². The number of anilines is 1. The monoisotopic (exact) mass is 680 g/mol. The Labute approximate surface area is 282 Å². The van der Waals surface area contributed by atoms with Crippen molar-refractivity contribution in [2.45, 2.75) is 52.1 Å². The van der Waals surface area contributed by atoms with Crippen LogP contribution in [0.5, 0.6) is 0 Å². The third-order valence-corrected chi connectivity index (χ3v) is 8.89. The van der Waals surface area contributed by atoms with E-state index in [4.69, 9.17) is 9.47 Å². The number of carbonyl (C=O) groups is 3. The van der Waals surface area contributed by atoms with Crippen LogP contribution in [0.2, 0.25) is 0 Å². The summed E-state index contributed by atoms with van der Waals surface area (Å²) in [6.45, 7) is 10.7. The molecule has 4 heterocycles. The molecule has 3 saturated heterocycles. The number of rotatable bonds is 8. The molecule has 0 aliphatic carbocycles. The zero-order valence-corrected chi connectivity index (χ0v) is 27.8. The van der Waals surface area contributed by atoms with Crippen molar-refractivity contribution in [2.24, 2.45) is 11.3 Å². The van der Waals surface area contributed by atoms with Gasteiger partial charge in [-0.3, -0.25) is 9.59 Å². The number of alkyl carbamates (subject to hydrolysis) is 1. The minimum absolute atomic E-state index is 0.0182. The highest BCUT2D eigenvalue weighted by Gasteiger charge is 2.55. The molecule has 3 aromatic rings. The maximum absolute atomic E-state index is 13.6. The van der Waals surface area contributed by atoms with Crippen molar-refractivity contribution in [1.82, 2.24) is 25.5 Å². The van der Waals surface area contributed by atoms with E-state index in [0.717, 1.165) is 17.7 Å². The van der Waals surface area contributed by atoms with Gasteiger partial charge in [-0.05, 0) is 68.1 Å². The Morgan fingerprint density at radius 1 is 1.02 bits per heavy atom. The average molecular weight is 681 g/mol. The lowest BCUT2D eigenvalue weighted by Crippen LogP contribution is -2.74. The third-order valence-electron chi connectivity index (χ3n) is 8.89. The predicted molar refractivity (Wildman–Crippen MR) is 173 cm³/mol. The van der Waals surface area contributed by atoms with Crippen molar-refractivity contribution in [2.75, 3.05) is 44.3 Å². The molecule has 0 bridgehead atoms. The first-order chi connectivity index (χ1) is 23.1. The molecule has 260 valence electrons. The van der Waals surface area contributed by atoms with Gasteiger partial charge in [0.05, 0.1) is 30.7 Å². The standard InChI is InChI=1S/C35H39F3N6O5/c1-21(41-29(45)28-11-12-39-31(42-28)44-19-34(20-44)17-43(18-34)30(46)25-15-48-16-25)22-5-7-23(8-6-22)27-13-26(35(36,37)38)10-9-24(27)14-40-32(47)49-33(2,3)4/h5-13,21,25H,14-20H2,1-4H3,(H,40,47)(H,41,45)/t21-/m1/s1. The lowest BCUT2D eigenvalue weighted by Gasteiger charge is -2.60. The van der Waals surface area contributed by atoms with Crippen LogP contribution in [-0.2, 0) is 27.0 Å². The van der Waals surface area contributed by atoms with Crippen molar-refractivity contribution >= 4 is 23.9 Å². The van der Waals surface area contributed by atoms with Gasteiger partial charge in [-0.2, -0.15) is 13.2 Å². The van der Waals surface area contributed by atoms with Crippen LogP contribution in [0.1, 0.15) is 60.9 Å². The maximum atomic E-state index is 13.6. The SMILES string of the molecule is C[C@@H](NC(=O)c1ccnc(N2CC3(CN(C(=O)C4COC4)C3)C2)n1)c1ccc(-c2cc(C(F)(F)F)ccc2CNC(=O)OC(C)(C)C)cc1. The van der Waals surface area contributed by atoms with Gasteiger partial charge >= 0.3 is 12.3 Å². The highest BCUT2D eigenvalue weighted by atomic mass is 19.4. The van der Waals surface area contributed by atoms with Crippen LogP contribution < -0.4 is 15.5 Å². The molecule has 49 heavy (non-hydrogen) atoms. The summed E-state index contributed by atoms with van der Waals surface area (Å²) in [6, 6.07) is 11.3. The van der Waals surface area contributed by atoms with Gasteiger partial charge in [-0.15, -0.1) is 0 Å². The third kappa shape index (κ3) is 7.64. The fraction of sp³-hybridized carbons (Fsp3) is 0.457. The second kappa shape index (κ2) is 13.0. The van der Waals surface area contributed by atoms with Gasteiger partial charge in [0.15, 0.2) is 0 Å². The van der Waals surface area contributed by atoms with E-state index in [-0.39, 0.29) is 29.5 Å². The van der Waals surface area contributed by atoms with E-state index in [2.05, 4.69) is 20.6 Å². The van der Waals surface area contributed by atoms with Crippen LogP contribution in [0, 0.1) is 11.3 Å². The Bertz CT molecular complexity index is 1720. The molecule has 0 unspecified atom stereocenters. The minimum atomic E-state index is -4.55. The number of nitrogens with one attached hydrogen (secondary N) is 2. The summed E-state index contributed by atoms with van der Waals surface area (Å²) in [5.41, 5.74) is 0.734. The van der Waals surface area contributed by atoms with Gasteiger partial charge in [-0.1, -0.05) is 30.3 Å². The van der Waals surface area contributed by atoms with E-state index >= 15 is 0 Å². The molecular weight excluding hydrogens is 641 g/mol.